The molecule has 0 saturated carbocycles. The van der Waals surface area contributed by atoms with Crippen molar-refractivity contribution in [3.63, 3.8) is 0 Å². The van der Waals surface area contributed by atoms with E-state index in [0.29, 0.717) is 0 Å². The van der Waals surface area contributed by atoms with Crippen LogP contribution in [0.2, 0.25) is 0 Å². The Morgan fingerprint density at radius 2 is 2.15 bits per heavy atom. The molecule has 0 N–H and O–H groups in total. The van der Waals surface area contributed by atoms with Crippen molar-refractivity contribution < 1.29 is 0 Å². The summed E-state index contributed by atoms with van der Waals surface area (Å²) in [6.45, 7) is 0. The molecular weight excluding hydrogens is 162 g/mol. The van der Waals surface area contributed by atoms with Crippen molar-refractivity contribution in [2.75, 3.05) is 0 Å². The van der Waals surface area contributed by atoms with Crippen molar-refractivity contribution in [3.8, 4) is 0 Å². The van der Waals surface area contributed by atoms with Crippen LogP contribution in [0.15, 0.2) is 42.9 Å². The van der Waals surface area contributed by atoms with Crippen LogP contribution in [0, 0.1) is 0 Å². The molecule has 13 heavy (non-hydrogen) atoms. The number of aromatic nitrogens is 3. The van der Waals surface area contributed by atoms with E-state index in [0.717, 1.165) is 16.7 Å². The molecule has 3 aromatic heterocycles. The van der Waals surface area contributed by atoms with Gasteiger partial charge in [-0.25, -0.2) is 4.98 Å². The fourth-order valence-corrected chi connectivity index (χ4v) is 1.52. The normalized spacial score (nSPS) is 11.1. The molecule has 0 fully saturated rings. The van der Waals surface area contributed by atoms with Gasteiger partial charge in [-0.3, -0.25) is 9.38 Å². The van der Waals surface area contributed by atoms with E-state index < -0.39 is 0 Å². The summed E-state index contributed by atoms with van der Waals surface area (Å²) < 4.78 is 2.05. The summed E-state index contributed by atoms with van der Waals surface area (Å²) in [5.41, 5.74) is 3.00. The minimum absolute atomic E-state index is 0.939. The van der Waals surface area contributed by atoms with Crippen LogP contribution in [0.3, 0.4) is 0 Å². The average Bonchev–Trinajstić information content (AvgIpc) is 2.56. The van der Waals surface area contributed by atoms with Gasteiger partial charge in [-0.15, -0.1) is 0 Å². The molecule has 3 heterocycles. The van der Waals surface area contributed by atoms with E-state index in [4.69, 9.17) is 0 Å². The molecule has 0 bridgehead atoms. The van der Waals surface area contributed by atoms with Crippen LogP contribution in [-0.2, 0) is 0 Å². The Hall–Kier alpha value is -1.90. The standard InChI is InChI=1S/C10H7N3/c1-2-6-13-9-4-5-11-7-8(9)12-10(13)3-1/h1-7H. The molecule has 3 aromatic rings. The van der Waals surface area contributed by atoms with Crippen molar-refractivity contribution in [2.24, 2.45) is 0 Å². The lowest BCUT2D eigenvalue weighted by molar-refractivity contribution is 1.22. The summed E-state index contributed by atoms with van der Waals surface area (Å²) in [5.74, 6) is 0. The number of pyridine rings is 2. The molecule has 0 aliphatic heterocycles. The van der Waals surface area contributed by atoms with E-state index in [2.05, 4.69) is 14.4 Å². The van der Waals surface area contributed by atoms with E-state index in [1.165, 1.54) is 0 Å². The molecule has 0 unspecified atom stereocenters. The van der Waals surface area contributed by atoms with Gasteiger partial charge in [0.05, 0.1) is 11.7 Å². The molecule has 3 nitrogen and oxygen atoms in total. The molecule has 0 aliphatic rings. The second-order valence-corrected chi connectivity index (χ2v) is 2.91. The van der Waals surface area contributed by atoms with Crippen molar-refractivity contribution in [2.45, 2.75) is 0 Å². The first-order valence-electron chi connectivity index (χ1n) is 4.12. The van der Waals surface area contributed by atoms with Crippen LogP contribution in [0.5, 0.6) is 0 Å². The van der Waals surface area contributed by atoms with E-state index in [9.17, 15) is 0 Å². The molecule has 0 aliphatic carbocycles. The summed E-state index contributed by atoms with van der Waals surface area (Å²) in [5, 5.41) is 0. The summed E-state index contributed by atoms with van der Waals surface area (Å²) in [6.07, 6.45) is 5.57. The maximum absolute atomic E-state index is 4.42. The summed E-state index contributed by atoms with van der Waals surface area (Å²) >= 11 is 0. The van der Waals surface area contributed by atoms with Crippen molar-refractivity contribution in [1.82, 2.24) is 14.4 Å². The average molecular weight is 169 g/mol. The highest BCUT2D eigenvalue weighted by atomic mass is 15.0. The van der Waals surface area contributed by atoms with E-state index in [1.807, 2.05) is 30.5 Å². The Morgan fingerprint density at radius 1 is 1.15 bits per heavy atom. The number of imidazole rings is 1. The number of rotatable bonds is 0. The van der Waals surface area contributed by atoms with Gasteiger partial charge in [0.1, 0.15) is 11.2 Å². The zero-order valence-corrected chi connectivity index (χ0v) is 6.88. The predicted molar refractivity (Wildman–Crippen MR) is 50.5 cm³/mol. The smallest absolute Gasteiger partial charge is 0.137 e. The van der Waals surface area contributed by atoms with Crippen molar-refractivity contribution >= 4 is 16.7 Å². The summed E-state index contributed by atoms with van der Waals surface area (Å²) in [7, 11) is 0. The predicted octanol–water partition coefficient (Wildman–Crippen LogP) is 1.88. The van der Waals surface area contributed by atoms with Gasteiger partial charge in [-0.2, -0.15) is 0 Å². The van der Waals surface area contributed by atoms with Gasteiger partial charge in [0, 0.05) is 12.4 Å². The van der Waals surface area contributed by atoms with Gasteiger partial charge in [0.15, 0.2) is 0 Å². The molecule has 0 spiro atoms. The van der Waals surface area contributed by atoms with Gasteiger partial charge in [0.25, 0.3) is 0 Å². The lowest BCUT2D eigenvalue weighted by atomic mass is 10.4. The number of hydrogen-bond donors (Lipinski definition) is 0. The third kappa shape index (κ3) is 0.839. The number of nitrogens with zero attached hydrogens (tertiary/aromatic N) is 3. The third-order valence-electron chi connectivity index (χ3n) is 2.11. The van der Waals surface area contributed by atoms with E-state index in [1.54, 1.807) is 12.4 Å². The minimum atomic E-state index is 0.939. The summed E-state index contributed by atoms with van der Waals surface area (Å²) in [6, 6.07) is 7.93. The first-order chi connectivity index (χ1) is 6.45. The van der Waals surface area contributed by atoms with Crippen LogP contribution >= 0.6 is 0 Å². The first-order valence-corrected chi connectivity index (χ1v) is 4.12. The van der Waals surface area contributed by atoms with Crippen LogP contribution < -0.4 is 0 Å². The molecule has 0 aromatic carbocycles. The molecular formula is C10H7N3. The molecule has 62 valence electrons. The Bertz CT molecular complexity index is 518. The van der Waals surface area contributed by atoms with Crippen LogP contribution in [-0.4, -0.2) is 14.4 Å². The number of hydrogen-bond acceptors (Lipinski definition) is 2. The lowest BCUT2D eigenvalue weighted by Gasteiger charge is -1.91. The van der Waals surface area contributed by atoms with Crippen molar-refractivity contribution in [3.05, 3.63) is 42.9 Å². The van der Waals surface area contributed by atoms with Crippen molar-refractivity contribution in [1.29, 1.82) is 0 Å². The Balaban J connectivity index is 2.64. The molecule has 0 amide bonds. The second-order valence-electron chi connectivity index (χ2n) is 2.91. The third-order valence-corrected chi connectivity index (χ3v) is 2.11. The second kappa shape index (κ2) is 2.29. The van der Waals surface area contributed by atoms with Crippen LogP contribution in [0.4, 0.5) is 0 Å². The monoisotopic (exact) mass is 169 g/mol. The molecule has 0 atom stereocenters. The SMILES string of the molecule is c1ccn2c(c1)nc1cnccc12. The Kier molecular flexibility index (Phi) is 1.16. The highest BCUT2D eigenvalue weighted by Gasteiger charge is 2.00. The fourth-order valence-electron chi connectivity index (χ4n) is 1.52. The summed E-state index contributed by atoms with van der Waals surface area (Å²) in [4.78, 5) is 8.45. The fraction of sp³-hybridized carbons (Fsp3) is 0. The van der Waals surface area contributed by atoms with Gasteiger partial charge in [-0.05, 0) is 18.2 Å². The highest BCUT2D eigenvalue weighted by Crippen LogP contribution is 2.13. The molecule has 3 heteroatoms. The van der Waals surface area contributed by atoms with E-state index in [-0.39, 0.29) is 0 Å². The molecule has 3 rings (SSSR count). The zero-order chi connectivity index (χ0) is 8.67. The van der Waals surface area contributed by atoms with Crippen LogP contribution in [0.1, 0.15) is 0 Å². The minimum Gasteiger partial charge on any atom is -0.300 e. The van der Waals surface area contributed by atoms with Gasteiger partial charge >= 0.3 is 0 Å². The maximum atomic E-state index is 4.42. The Morgan fingerprint density at radius 3 is 3.15 bits per heavy atom. The van der Waals surface area contributed by atoms with E-state index >= 15 is 0 Å². The number of fused-ring (bicyclic) bond motifs is 3. The lowest BCUT2D eigenvalue weighted by Crippen LogP contribution is -1.80. The molecule has 0 saturated heterocycles. The highest BCUT2D eigenvalue weighted by molar-refractivity contribution is 5.79. The zero-order valence-electron chi connectivity index (χ0n) is 6.88. The van der Waals surface area contributed by atoms with Gasteiger partial charge < -0.3 is 0 Å². The Labute approximate surface area is 74.7 Å². The topological polar surface area (TPSA) is 30.2 Å². The maximum Gasteiger partial charge on any atom is 0.137 e. The first kappa shape index (κ1) is 6.60. The quantitative estimate of drug-likeness (QED) is 0.514. The molecule has 0 radical (unpaired) electrons. The van der Waals surface area contributed by atoms with Gasteiger partial charge in [0.2, 0.25) is 0 Å². The largest absolute Gasteiger partial charge is 0.300 e. The van der Waals surface area contributed by atoms with Gasteiger partial charge in [-0.1, -0.05) is 6.07 Å². The van der Waals surface area contributed by atoms with Crippen LogP contribution in [0.25, 0.3) is 16.7 Å².